The van der Waals surface area contributed by atoms with E-state index in [-0.39, 0.29) is 5.41 Å². The SMILES string of the molecule is Cc1c(-c2nnc(C3(c4ccc(Cl)cc4)CC3)s2)nc(-c2ccccc2Cl)n1-c1ccc(Br)cc1. The molecule has 174 valence electrons. The van der Waals surface area contributed by atoms with E-state index in [9.17, 15) is 0 Å². The van der Waals surface area contributed by atoms with E-state index in [4.69, 9.17) is 28.2 Å². The predicted octanol–water partition coefficient (Wildman–Crippen LogP) is 8.52. The minimum Gasteiger partial charge on any atom is -0.296 e. The number of benzene rings is 3. The summed E-state index contributed by atoms with van der Waals surface area (Å²) in [5.41, 5.74) is 4.84. The summed E-state index contributed by atoms with van der Waals surface area (Å²) in [6.07, 6.45) is 2.11. The summed E-state index contributed by atoms with van der Waals surface area (Å²) in [6, 6.07) is 24.0. The van der Waals surface area contributed by atoms with Crippen molar-refractivity contribution in [3.8, 4) is 27.8 Å². The van der Waals surface area contributed by atoms with Crippen molar-refractivity contribution in [2.45, 2.75) is 25.2 Å². The van der Waals surface area contributed by atoms with Gasteiger partial charge in [-0.1, -0.05) is 74.7 Å². The van der Waals surface area contributed by atoms with Gasteiger partial charge in [0.2, 0.25) is 0 Å². The maximum Gasteiger partial charge on any atom is 0.168 e. The highest BCUT2D eigenvalue weighted by Gasteiger charge is 2.49. The number of nitrogens with zero attached hydrogens (tertiary/aromatic N) is 4. The highest BCUT2D eigenvalue weighted by Crippen LogP contribution is 2.55. The van der Waals surface area contributed by atoms with Crippen LogP contribution in [0.5, 0.6) is 0 Å². The highest BCUT2D eigenvalue weighted by atomic mass is 79.9. The first kappa shape index (κ1) is 22.9. The molecule has 0 bridgehead atoms. The first-order valence-electron chi connectivity index (χ1n) is 11.2. The van der Waals surface area contributed by atoms with Gasteiger partial charge in [-0.25, -0.2) is 4.98 Å². The minimum atomic E-state index is -0.0751. The van der Waals surface area contributed by atoms with E-state index in [0.717, 1.165) is 60.8 Å². The fraction of sp³-hybridized carbons (Fsp3) is 0.148. The lowest BCUT2D eigenvalue weighted by Gasteiger charge is -2.11. The van der Waals surface area contributed by atoms with Gasteiger partial charge in [0.05, 0.1) is 10.7 Å². The Morgan fingerprint density at radius 2 is 1.63 bits per heavy atom. The summed E-state index contributed by atoms with van der Waals surface area (Å²) < 4.78 is 3.15. The smallest absolute Gasteiger partial charge is 0.168 e. The molecule has 0 N–H and O–H groups in total. The molecule has 6 rings (SSSR count). The van der Waals surface area contributed by atoms with E-state index in [0.29, 0.717) is 5.02 Å². The van der Waals surface area contributed by atoms with E-state index >= 15 is 0 Å². The molecule has 0 amide bonds. The predicted molar refractivity (Wildman–Crippen MR) is 147 cm³/mol. The molecule has 0 unspecified atom stereocenters. The standard InChI is InChI=1S/C27H19BrCl2N4S/c1-16-23(25-32-33-26(35-25)27(14-15-27)17-6-10-19(29)11-7-17)31-24(21-4-2-3-5-22(21)30)34(16)20-12-8-18(28)9-13-20/h2-13H,14-15H2,1H3. The van der Waals surface area contributed by atoms with Crippen LogP contribution >= 0.6 is 50.5 Å². The largest absolute Gasteiger partial charge is 0.296 e. The Hall–Kier alpha value is -2.51. The van der Waals surface area contributed by atoms with Crippen LogP contribution in [-0.4, -0.2) is 19.7 Å². The van der Waals surface area contributed by atoms with Gasteiger partial charge in [0.25, 0.3) is 0 Å². The second-order valence-electron chi connectivity index (χ2n) is 8.66. The average Bonchev–Trinajstić information content (AvgIpc) is 3.39. The Bertz CT molecular complexity index is 1540. The lowest BCUT2D eigenvalue weighted by molar-refractivity contribution is 0.807. The third-order valence-corrected chi connectivity index (χ3v) is 8.74. The number of hydrogen-bond donors (Lipinski definition) is 0. The normalized spacial score (nSPS) is 14.3. The first-order valence-corrected chi connectivity index (χ1v) is 13.5. The van der Waals surface area contributed by atoms with Crippen LogP contribution in [0.4, 0.5) is 0 Å². The molecule has 1 fully saturated rings. The Labute approximate surface area is 225 Å². The summed E-state index contributed by atoms with van der Waals surface area (Å²) >= 11 is 17.9. The molecular formula is C27H19BrCl2N4S. The zero-order valence-electron chi connectivity index (χ0n) is 18.7. The Balaban J connectivity index is 1.48. The monoisotopic (exact) mass is 580 g/mol. The molecule has 0 spiro atoms. The Kier molecular flexibility index (Phi) is 5.80. The number of rotatable bonds is 5. The average molecular weight is 582 g/mol. The fourth-order valence-corrected chi connectivity index (χ4v) is 6.23. The maximum atomic E-state index is 6.61. The number of halogens is 3. The van der Waals surface area contributed by atoms with Crippen molar-refractivity contribution in [1.29, 1.82) is 0 Å². The zero-order chi connectivity index (χ0) is 24.2. The van der Waals surface area contributed by atoms with Crippen LogP contribution < -0.4 is 0 Å². The van der Waals surface area contributed by atoms with Gasteiger partial charge in [-0.05, 0) is 73.9 Å². The highest BCUT2D eigenvalue weighted by molar-refractivity contribution is 9.10. The molecule has 0 saturated heterocycles. The fourth-order valence-electron chi connectivity index (χ4n) is 4.47. The number of aromatic nitrogens is 4. The van der Waals surface area contributed by atoms with E-state index < -0.39 is 0 Å². The topological polar surface area (TPSA) is 43.6 Å². The summed E-state index contributed by atoms with van der Waals surface area (Å²) in [7, 11) is 0. The van der Waals surface area contributed by atoms with Gasteiger partial charge in [-0.2, -0.15) is 0 Å². The summed E-state index contributed by atoms with van der Waals surface area (Å²) in [5, 5.41) is 12.5. The molecule has 1 aliphatic rings. The van der Waals surface area contributed by atoms with E-state index in [1.807, 2.05) is 48.5 Å². The Morgan fingerprint density at radius 1 is 0.914 bits per heavy atom. The van der Waals surface area contributed by atoms with Crippen LogP contribution in [0, 0.1) is 6.92 Å². The molecule has 35 heavy (non-hydrogen) atoms. The van der Waals surface area contributed by atoms with Gasteiger partial charge < -0.3 is 0 Å². The molecule has 1 saturated carbocycles. The zero-order valence-corrected chi connectivity index (χ0v) is 22.6. The Morgan fingerprint density at radius 3 is 2.31 bits per heavy atom. The molecule has 1 aliphatic carbocycles. The van der Waals surface area contributed by atoms with Gasteiger partial charge in [-0.15, -0.1) is 10.2 Å². The van der Waals surface area contributed by atoms with Crippen molar-refractivity contribution in [3.63, 3.8) is 0 Å². The second kappa shape index (κ2) is 8.86. The molecule has 2 heterocycles. The van der Waals surface area contributed by atoms with Crippen LogP contribution in [0.3, 0.4) is 0 Å². The molecule has 0 aliphatic heterocycles. The molecule has 2 aromatic heterocycles. The van der Waals surface area contributed by atoms with Gasteiger partial charge >= 0.3 is 0 Å². The molecule has 0 radical (unpaired) electrons. The van der Waals surface area contributed by atoms with E-state index in [1.54, 1.807) is 11.3 Å². The molecule has 0 atom stereocenters. The van der Waals surface area contributed by atoms with Gasteiger partial charge in [0, 0.05) is 26.2 Å². The molecule has 5 aromatic rings. The van der Waals surface area contributed by atoms with Gasteiger partial charge in [-0.3, -0.25) is 4.57 Å². The third kappa shape index (κ3) is 4.02. The van der Waals surface area contributed by atoms with Gasteiger partial charge in [0.15, 0.2) is 5.01 Å². The number of hydrogen-bond acceptors (Lipinski definition) is 4. The van der Waals surface area contributed by atoms with Crippen molar-refractivity contribution >= 4 is 50.5 Å². The molecule has 3 aromatic carbocycles. The summed E-state index contributed by atoms with van der Waals surface area (Å²) in [5.74, 6) is 0.779. The minimum absolute atomic E-state index is 0.0751. The quantitative estimate of drug-likeness (QED) is 0.209. The first-order chi connectivity index (χ1) is 17.0. The van der Waals surface area contributed by atoms with Crippen molar-refractivity contribution in [3.05, 3.63) is 104 Å². The van der Waals surface area contributed by atoms with Gasteiger partial charge in [0.1, 0.15) is 16.5 Å². The summed E-state index contributed by atoms with van der Waals surface area (Å²) in [6.45, 7) is 2.07. The molecule has 4 nitrogen and oxygen atoms in total. The second-order valence-corrected chi connectivity index (χ2v) is 11.4. The molecular weight excluding hydrogens is 563 g/mol. The maximum absolute atomic E-state index is 6.61. The molecule has 8 heteroatoms. The van der Waals surface area contributed by atoms with Crippen LogP contribution in [0.25, 0.3) is 27.8 Å². The van der Waals surface area contributed by atoms with Crippen molar-refractivity contribution in [2.24, 2.45) is 0 Å². The lowest BCUT2D eigenvalue weighted by Crippen LogP contribution is -2.07. The summed E-state index contributed by atoms with van der Waals surface area (Å²) in [4.78, 5) is 5.07. The van der Waals surface area contributed by atoms with Crippen LogP contribution in [0.15, 0.2) is 77.3 Å². The van der Waals surface area contributed by atoms with Crippen molar-refractivity contribution < 1.29 is 0 Å². The number of imidazole rings is 1. The van der Waals surface area contributed by atoms with Crippen LogP contribution in [0.1, 0.15) is 29.1 Å². The van der Waals surface area contributed by atoms with E-state index in [1.165, 1.54) is 5.56 Å². The van der Waals surface area contributed by atoms with E-state index in [2.05, 4.69) is 61.9 Å². The van der Waals surface area contributed by atoms with Crippen LogP contribution in [0.2, 0.25) is 10.0 Å². The van der Waals surface area contributed by atoms with Crippen molar-refractivity contribution in [1.82, 2.24) is 19.7 Å². The third-order valence-electron chi connectivity index (χ3n) is 6.49. The van der Waals surface area contributed by atoms with Crippen molar-refractivity contribution in [2.75, 3.05) is 0 Å². The van der Waals surface area contributed by atoms with Crippen LogP contribution in [-0.2, 0) is 5.41 Å². The lowest BCUT2D eigenvalue weighted by atomic mass is 9.97.